The van der Waals surface area contributed by atoms with Gasteiger partial charge >= 0.3 is 0 Å². The molecule has 0 atom stereocenters. The molecular weight excluding hydrogens is 262 g/mol. The number of fused-ring (bicyclic) bond motifs is 1. The van der Waals surface area contributed by atoms with Gasteiger partial charge in [-0.1, -0.05) is 51.1 Å². The Labute approximate surface area is 124 Å². The van der Waals surface area contributed by atoms with Gasteiger partial charge in [-0.05, 0) is 40.1 Å². The lowest BCUT2D eigenvalue weighted by Crippen LogP contribution is -2.10. The second kappa shape index (κ2) is 4.58. The summed E-state index contributed by atoms with van der Waals surface area (Å²) in [5.74, 6) is 0. The summed E-state index contributed by atoms with van der Waals surface area (Å²) in [6.07, 6.45) is 0. The van der Waals surface area contributed by atoms with Crippen LogP contribution in [0.2, 0.25) is 0 Å². The van der Waals surface area contributed by atoms with E-state index in [2.05, 4.69) is 62.2 Å². The van der Waals surface area contributed by atoms with Gasteiger partial charge in [0, 0.05) is 5.56 Å². The van der Waals surface area contributed by atoms with Crippen LogP contribution < -0.4 is 0 Å². The van der Waals surface area contributed by atoms with Crippen LogP contribution in [0.5, 0.6) is 0 Å². The van der Waals surface area contributed by atoms with Crippen LogP contribution in [0.1, 0.15) is 31.9 Å². The highest BCUT2D eigenvalue weighted by Crippen LogP contribution is 2.33. The largest absolute Gasteiger partial charge is 0.396 e. The molecule has 0 saturated carbocycles. The van der Waals surface area contributed by atoms with Gasteiger partial charge in [-0.15, -0.1) is 10.2 Å². The molecule has 1 N–H and O–H groups in total. The smallest absolute Gasteiger partial charge is 0.125 e. The number of aryl methyl sites for hydroxylation is 1. The van der Waals surface area contributed by atoms with E-state index in [0.29, 0.717) is 10.5 Å². The van der Waals surface area contributed by atoms with E-state index in [1.54, 1.807) is 0 Å². The van der Waals surface area contributed by atoms with Gasteiger partial charge in [0.2, 0.25) is 0 Å². The van der Waals surface area contributed by atoms with E-state index in [9.17, 15) is 5.21 Å². The summed E-state index contributed by atoms with van der Waals surface area (Å²) < 4.78 is 0. The van der Waals surface area contributed by atoms with Crippen molar-refractivity contribution in [1.29, 1.82) is 0 Å². The molecule has 21 heavy (non-hydrogen) atoms. The van der Waals surface area contributed by atoms with Crippen LogP contribution >= 0.6 is 0 Å². The molecule has 0 unspecified atom stereocenters. The maximum absolute atomic E-state index is 9.50. The first kappa shape index (κ1) is 13.6. The van der Waals surface area contributed by atoms with Gasteiger partial charge in [0.15, 0.2) is 0 Å². The Kier molecular flexibility index (Phi) is 2.97. The molecule has 1 heterocycles. The van der Waals surface area contributed by atoms with Crippen molar-refractivity contribution in [2.75, 3.05) is 0 Å². The van der Waals surface area contributed by atoms with Crippen LogP contribution in [0.25, 0.3) is 22.2 Å². The second-order valence-electron chi connectivity index (χ2n) is 6.42. The molecule has 0 spiro atoms. The highest BCUT2D eigenvalue weighted by molar-refractivity contribution is 5.93. The van der Waals surface area contributed by atoms with Crippen LogP contribution in [0.3, 0.4) is 0 Å². The van der Waals surface area contributed by atoms with Gasteiger partial charge in [-0.2, -0.15) is 0 Å². The number of hydrogen-bond acceptors (Lipinski definition) is 3. The van der Waals surface area contributed by atoms with E-state index in [0.717, 1.165) is 22.2 Å². The lowest BCUT2D eigenvalue weighted by molar-refractivity contribution is 0.113. The summed E-state index contributed by atoms with van der Waals surface area (Å²) in [5, 5.41) is 17.6. The fourth-order valence-electron chi connectivity index (χ4n) is 2.58. The van der Waals surface area contributed by atoms with Gasteiger partial charge in [0.05, 0.1) is 0 Å². The van der Waals surface area contributed by atoms with Gasteiger partial charge in [-0.3, -0.25) is 0 Å². The standard InChI is InChI=1S/C17H19N3O/c1-11-8-9-14-16(19-20(21)18-14)15(11)12-6-5-7-13(10-12)17(2,3)4/h5-10,21H,1-4H3. The van der Waals surface area contributed by atoms with Crippen LogP contribution in [-0.4, -0.2) is 20.4 Å². The predicted molar refractivity (Wildman–Crippen MR) is 83.6 cm³/mol. The van der Waals surface area contributed by atoms with Gasteiger partial charge in [-0.25, -0.2) is 0 Å². The van der Waals surface area contributed by atoms with Crippen molar-refractivity contribution in [3.63, 3.8) is 0 Å². The van der Waals surface area contributed by atoms with Crippen molar-refractivity contribution >= 4 is 11.0 Å². The zero-order chi connectivity index (χ0) is 15.2. The average molecular weight is 281 g/mol. The fraction of sp³-hybridized carbons (Fsp3) is 0.294. The van der Waals surface area contributed by atoms with E-state index in [-0.39, 0.29) is 5.41 Å². The highest BCUT2D eigenvalue weighted by atomic mass is 16.5. The Morgan fingerprint density at radius 2 is 1.81 bits per heavy atom. The molecule has 0 saturated heterocycles. The van der Waals surface area contributed by atoms with Crippen molar-refractivity contribution < 1.29 is 5.21 Å². The zero-order valence-electron chi connectivity index (χ0n) is 12.8. The van der Waals surface area contributed by atoms with E-state index in [1.165, 1.54) is 5.56 Å². The average Bonchev–Trinajstić information content (AvgIpc) is 2.78. The Bertz CT molecular complexity index is 813. The molecule has 3 rings (SSSR count). The Morgan fingerprint density at radius 1 is 1.05 bits per heavy atom. The van der Waals surface area contributed by atoms with Crippen LogP contribution in [0.4, 0.5) is 0 Å². The number of hydrogen-bond donors (Lipinski definition) is 1. The molecule has 4 heteroatoms. The molecule has 0 aliphatic rings. The van der Waals surface area contributed by atoms with Crippen LogP contribution in [-0.2, 0) is 5.41 Å². The summed E-state index contributed by atoms with van der Waals surface area (Å²) in [6.45, 7) is 8.64. The Hall–Kier alpha value is -2.36. The molecule has 0 aliphatic carbocycles. The first-order valence-corrected chi connectivity index (χ1v) is 7.03. The maximum Gasteiger partial charge on any atom is 0.125 e. The van der Waals surface area contributed by atoms with Crippen LogP contribution in [0.15, 0.2) is 36.4 Å². The SMILES string of the molecule is Cc1ccc2nn(O)nc2c1-c1cccc(C(C)(C)C)c1. The summed E-state index contributed by atoms with van der Waals surface area (Å²) in [5.41, 5.74) is 6.03. The summed E-state index contributed by atoms with van der Waals surface area (Å²) >= 11 is 0. The van der Waals surface area contributed by atoms with Crippen molar-refractivity contribution in [3.05, 3.63) is 47.5 Å². The van der Waals surface area contributed by atoms with Crippen molar-refractivity contribution in [3.8, 4) is 11.1 Å². The normalized spacial score (nSPS) is 12.0. The molecule has 0 radical (unpaired) electrons. The van der Waals surface area contributed by atoms with E-state index in [1.807, 2.05) is 12.1 Å². The minimum atomic E-state index is 0.0897. The predicted octanol–water partition coefficient (Wildman–Crippen LogP) is 3.94. The third-order valence-electron chi connectivity index (χ3n) is 3.77. The number of nitrogens with zero attached hydrogens (tertiary/aromatic N) is 3. The molecule has 0 bridgehead atoms. The van der Waals surface area contributed by atoms with Gasteiger partial charge in [0.25, 0.3) is 0 Å². The number of aromatic nitrogens is 3. The lowest BCUT2D eigenvalue weighted by atomic mass is 9.85. The maximum atomic E-state index is 9.50. The first-order chi connectivity index (χ1) is 9.86. The molecule has 2 aromatic carbocycles. The highest BCUT2D eigenvalue weighted by Gasteiger charge is 2.17. The molecule has 1 aromatic heterocycles. The molecule has 0 amide bonds. The molecule has 4 nitrogen and oxygen atoms in total. The topological polar surface area (TPSA) is 50.9 Å². The first-order valence-electron chi connectivity index (χ1n) is 7.03. The van der Waals surface area contributed by atoms with Crippen molar-refractivity contribution in [2.45, 2.75) is 33.1 Å². The number of rotatable bonds is 1. The van der Waals surface area contributed by atoms with E-state index in [4.69, 9.17) is 0 Å². The van der Waals surface area contributed by atoms with Crippen molar-refractivity contribution in [1.82, 2.24) is 15.2 Å². The van der Waals surface area contributed by atoms with Gasteiger partial charge < -0.3 is 5.21 Å². The monoisotopic (exact) mass is 281 g/mol. The minimum Gasteiger partial charge on any atom is -0.396 e. The molecule has 0 fully saturated rings. The van der Waals surface area contributed by atoms with Crippen LogP contribution in [0, 0.1) is 6.92 Å². The lowest BCUT2D eigenvalue weighted by Gasteiger charge is -2.20. The zero-order valence-corrected chi connectivity index (χ0v) is 12.8. The Morgan fingerprint density at radius 3 is 2.52 bits per heavy atom. The summed E-state index contributed by atoms with van der Waals surface area (Å²) in [4.78, 5) is 0.640. The van der Waals surface area contributed by atoms with Crippen molar-refractivity contribution in [2.24, 2.45) is 0 Å². The third kappa shape index (κ3) is 2.37. The second-order valence-corrected chi connectivity index (χ2v) is 6.42. The third-order valence-corrected chi connectivity index (χ3v) is 3.77. The summed E-state index contributed by atoms with van der Waals surface area (Å²) in [6, 6.07) is 12.4. The Balaban J connectivity index is 2.27. The molecule has 0 aliphatic heterocycles. The number of benzene rings is 2. The fourth-order valence-corrected chi connectivity index (χ4v) is 2.58. The molecule has 3 aromatic rings. The molecule has 108 valence electrons. The quantitative estimate of drug-likeness (QED) is 0.687. The summed E-state index contributed by atoms with van der Waals surface area (Å²) in [7, 11) is 0. The van der Waals surface area contributed by atoms with E-state index >= 15 is 0 Å². The van der Waals surface area contributed by atoms with Gasteiger partial charge in [0.1, 0.15) is 11.0 Å². The molecular formula is C17H19N3O. The minimum absolute atomic E-state index is 0.0897. The van der Waals surface area contributed by atoms with E-state index < -0.39 is 0 Å².